The fourth-order valence-electron chi connectivity index (χ4n) is 2.72. The van der Waals surface area contributed by atoms with Crippen LogP contribution in [0.2, 0.25) is 0 Å². The van der Waals surface area contributed by atoms with Crippen molar-refractivity contribution in [2.24, 2.45) is 11.1 Å². The van der Waals surface area contributed by atoms with E-state index in [0.29, 0.717) is 5.92 Å². The molecule has 0 radical (unpaired) electrons. The van der Waals surface area contributed by atoms with Gasteiger partial charge in [0.2, 0.25) is 10.0 Å². The van der Waals surface area contributed by atoms with E-state index in [1.54, 1.807) is 7.11 Å². The molecule has 0 saturated heterocycles. The maximum absolute atomic E-state index is 12.3. The van der Waals surface area contributed by atoms with Gasteiger partial charge in [0.1, 0.15) is 9.96 Å². The minimum Gasteiger partial charge on any atom is -0.497 e. The number of nitrogens with two attached hydrogens (primary N) is 1. The summed E-state index contributed by atoms with van der Waals surface area (Å²) >= 11 is 0.818. The Morgan fingerprint density at radius 1 is 1.29 bits per heavy atom. The number of hydrogen-bond donors (Lipinski definition) is 2. The highest BCUT2D eigenvalue weighted by molar-refractivity contribution is 7.91. The van der Waals surface area contributed by atoms with Crippen LogP contribution in [0.4, 0.5) is 0 Å². The van der Waals surface area contributed by atoms with E-state index < -0.39 is 28.5 Å². The Morgan fingerprint density at radius 3 is 2.50 bits per heavy atom. The number of nitrogens with one attached hydrogen (secondary N) is 1. The van der Waals surface area contributed by atoms with Crippen LogP contribution in [0.5, 0.6) is 5.75 Å². The highest BCUT2D eigenvalue weighted by Crippen LogP contribution is 2.41. The summed E-state index contributed by atoms with van der Waals surface area (Å²) in [4.78, 5) is 24.3. The van der Waals surface area contributed by atoms with Crippen LogP contribution < -0.4 is 15.2 Å². The number of amides is 1. The summed E-state index contributed by atoms with van der Waals surface area (Å²) in [6.45, 7) is -0.460. The molecule has 10 heteroatoms. The first-order chi connectivity index (χ1) is 13.3. The number of primary sulfonamides is 1. The quantitative estimate of drug-likeness (QED) is 0.623. The van der Waals surface area contributed by atoms with Gasteiger partial charge in [-0.25, -0.2) is 18.4 Å². The standard InChI is InChI=1S/C18H20N2O6S2/c1-25-14-6-4-12(5-7-14)17(11-2-3-11)20-15(21)9-26-18(22)13-8-16(27-10-13)28(19,23)24/h4-8,10-11,17H,2-3,9H2,1H3,(H,20,21)(H2,19,23,24). The molecular weight excluding hydrogens is 404 g/mol. The van der Waals surface area contributed by atoms with Crippen LogP contribution in [0, 0.1) is 5.92 Å². The summed E-state index contributed by atoms with van der Waals surface area (Å²) in [6.07, 6.45) is 2.03. The minimum absolute atomic E-state index is 0.0377. The van der Waals surface area contributed by atoms with Gasteiger partial charge in [0.25, 0.3) is 5.91 Å². The maximum atomic E-state index is 12.3. The van der Waals surface area contributed by atoms with Crippen molar-refractivity contribution in [2.75, 3.05) is 13.7 Å². The molecular formula is C18H20N2O6S2. The van der Waals surface area contributed by atoms with Gasteiger partial charge in [0.15, 0.2) is 6.61 Å². The fourth-order valence-corrected chi connectivity index (χ4v) is 4.29. The molecule has 0 bridgehead atoms. The van der Waals surface area contributed by atoms with Gasteiger partial charge in [-0.2, -0.15) is 0 Å². The normalized spacial score (nSPS) is 14.9. The average Bonchev–Trinajstić information content (AvgIpc) is 3.37. The second kappa shape index (κ2) is 8.29. The SMILES string of the molecule is COc1ccc(C(NC(=O)COC(=O)c2csc(S(N)(=O)=O)c2)C2CC2)cc1. The fraction of sp³-hybridized carbons (Fsp3) is 0.333. The van der Waals surface area contributed by atoms with Crippen LogP contribution in [-0.2, 0) is 19.6 Å². The lowest BCUT2D eigenvalue weighted by molar-refractivity contribution is -0.125. The third kappa shape index (κ3) is 5.09. The summed E-state index contributed by atoms with van der Waals surface area (Å²) in [6, 6.07) is 8.42. The molecule has 1 fully saturated rings. The van der Waals surface area contributed by atoms with E-state index in [2.05, 4.69) is 5.32 Å². The number of hydrogen-bond acceptors (Lipinski definition) is 7. The predicted molar refractivity (Wildman–Crippen MR) is 103 cm³/mol. The molecule has 3 N–H and O–H groups in total. The first-order valence-electron chi connectivity index (χ1n) is 8.49. The average molecular weight is 425 g/mol. The summed E-state index contributed by atoms with van der Waals surface area (Å²) in [5, 5.41) is 9.24. The van der Waals surface area contributed by atoms with Crippen LogP contribution in [0.15, 0.2) is 39.9 Å². The van der Waals surface area contributed by atoms with Crippen LogP contribution in [-0.4, -0.2) is 34.0 Å². The number of carbonyl (C=O) groups excluding carboxylic acids is 2. The topological polar surface area (TPSA) is 125 Å². The zero-order valence-corrected chi connectivity index (χ0v) is 16.7. The van der Waals surface area contributed by atoms with E-state index >= 15 is 0 Å². The summed E-state index contributed by atoms with van der Waals surface area (Å²) in [5.74, 6) is -0.132. The molecule has 1 atom stereocenters. The van der Waals surface area contributed by atoms with Crippen molar-refractivity contribution < 1.29 is 27.5 Å². The molecule has 1 unspecified atom stereocenters. The van der Waals surface area contributed by atoms with Gasteiger partial charge in [-0.3, -0.25) is 4.79 Å². The first kappa shape index (κ1) is 20.3. The Bertz CT molecular complexity index is 964. The Morgan fingerprint density at radius 2 is 1.96 bits per heavy atom. The minimum atomic E-state index is -3.88. The van der Waals surface area contributed by atoms with E-state index in [-0.39, 0.29) is 15.8 Å². The second-order valence-corrected chi connectivity index (χ2v) is 9.13. The molecule has 1 amide bonds. The van der Waals surface area contributed by atoms with Gasteiger partial charge in [-0.1, -0.05) is 12.1 Å². The van der Waals surface area contributed by atoms with Gasteiger partial charge in [0.05, 0.1) is 18.7 Å². The van der Waals surface area contributed by atoms with Crippen molar-refractivity contribution >= 4 is 33.2 Å². The second-order valence-electron chi connectivity index (χ2n) is 6.43. The van der Waals surface area contributed by atoms with Crippen LogP contribution >= 0.6 is 11.3 Å². The van der Waals surface area contributed by atoms with Crippen LogP contribution in [0.3, 0.4) is 0 Å². The molecule has 1 aliphatic rings. The number of esters is 1. The van der Waals surface area contributed by atoms with E-state index in [4.69, 9.17) is 14.6 Å². The van der Waals surface area contributed by atoms with Crippen molar-refractivity contribution in [3.8, 4) is 5.75 Å². The van der Waals surface area contributed by atoms with Crippen molar-refractivity contribution in [3.63, 3.8) is 0 Å². The van der Waals surface area contributed by atoms with Gasteiger partial charge in [-0.05, 0) is 42.5 Å². The third-order valence-corrected chi connectivity index (χ3v) is 6.70. The molecule has 1 aliphatic carbocycles. The highest BCUT2D eigenvalue weighted by atomic mass is 32.2. The number of carbonyl (C=O) groups is 2. The smallest absolute Gasteiger partial charge is 0.339 e. The molecule has 0 spiro atoms. The van der Waals surface area contributed by atoms with Gasteiger partial charge in [-0.15, -0.1) is 11.3 Å². The molecule has 1 heterocycles. The lowest BCUT2D eigenvalue weighted by Crippen LogP contribution is -2.33. The largest absolute Gasteiger partial charge is 0.497 e. The van der Waals surface area contributed by atoms with Gasteiger partial charge >= 0.3 is 5.97 Å². The number of benzene rings is 1. The van der Waals surface area contributed by atoms with Crippen molar-refractivity contribution in [2.45, 2.75) is 23.1 Å². The Kier molecular flexibility index (Phi) is 6.01. The summed E-state index contributed by atoms with van der Waals surface area (Å²) < 4.78 is 32.5. The first-order valence-corrected chi connectivity index (χ1v) is 10.9. The van der Waals surface area contributed by atoms with E-state index in [1.807, 2.05) is 24.3 Å². The zero-order valence-electron chi connectivity index (χ0n) is 15.1. The Labute approximate surface area is 166 Å². The molecule has 1 aromatic carbocycles. The molecule has 3 rings (SSSR count). The molecule has 1 saturated carbocycles. The van der Waals surface area contributed by atoms with Gasteiger partial charge < -0.3 is 14.8 Å². The third-order valence-electron chi connectivity index (χ3n) is 4.31. The number of sulfonamides is 1. The number of rotatable bonds is 8. The van der Waals surface area contributed by atoms with Crippen LogP contribution in [0.25, 0.3) is 0 Å². The number of methoxy groups -OCH3 is 1. The lowest BCUT2D eigenvalue weighted by Gasteiger charge is -2.19. The number of thiophene rings is 1. The molecule has 28 heavy (non-hydrogen) atoms. The van der Waals surface area contributed by atoms with Gasteiger partial charge in [0, 0.05) is 5.38 Å². The van der Waals surface area contributed by atoms with Crippen molar-refractivity contribution in [1.29, 1.82) is 0 Å². The summed E-state index contributed by atoms with van der Waals surface area (Å²) in [7, 11) is -2.29. The molecule has 1 aromatic heterocycles. The summed E-state index contributed by atoms with van der Waals surface area (Å²) in [5.41, 5.74) is 0.995. The molecule has 150 valence electrons. The van der Waals surface area contributed by atoms with Crippen LogP contribution in [0.1, 0.15) is 34.8 Å². The Hall–Kier alpha value is -2.43. The number of ether oxygens (including phenoxy) is 2. The zero-order chi connectivity index (χ0) is 20.3. The monoisotopic (exact) mass is 424 g/mol. The van der Waals surface area contributed by atoms with E-state index in [0.717, 1.165) is 41.6 Å². The van der Waals surface area contributed by atoms with Crippen molar-refractivity contribution in [1.82, 2.24) is 5.32 Å². The van der Waals surface area contributed by atoms with E-state index in [1.165, 1.54) is 5.38 Å². The lowest BCUT2D eigenvalue weighted by atomic mass is 10.0. The van der Waals surface area contributed by atoms with Crippen molar-refractivity contribution in [3.05, 3.63) is 46.8 Å². The molecule has 0 aliphatic heterocycles. The molecule has 8 nitrogen and oxygen atoms in total. The predicted octanol–water partition coefficient (Wildman–Crippen LogP) is 1.83. The van der Waals surface area contributed by atoms with E-state index in [9.17, 15) is 18.0 Å². The Balaban J connectivity index is 1.57. The maximum Gasteiger partial charge on any atom is 0.339 e. The highest BCUT2D eigenvalue weighted by Gasteiger charge is 2.33. The molecule has 2 aromatic rings.